The largest absolute Gasteiger partial charge is 0.496 e. The molecule has 0 fully saturated rings. The first-order valence-electron chi connectivity index (χ1n) is 7.82. The molecule has 0 heterocycles. The van der Waals surface area contributed by atoms with E-state index in [1.807, 2.05) is 24.3 Å². The normalized spacial score (nSPS) is 10.3. The Morgan fingerprint density at radius 2 is 1.74 bits per heavy atom. The fraction of sp³-hybridized carbons (Fsp3) is 0.316. The van der Waals surface area contributed by atoms with Crippen molar-refractivity contribution in [2.75, 3.05) is 13.7 Å². The Morgan fingerprint density at radius 1 is 1.04 bits per heavy atom. The number of halogens is 1. The summed E-state index contributed by atoms with van der Waals surface area (Å²) in [7, 11) is 1.66. The summed E-state index contributed by atoms with van der Waals surface area (Å²) >= 11 is 0. The Bertz CT molecular complexity index is 643. The van der Waals surface area contributed by atoms with Crippen LogP contribution in [0.4, 0.5) is 4.39 Å². The second-order valence-electron chi connectivity index (χ2n) is 5.36. The number of hydrogen-bond acceptors (Lipinski definition) is 2. The maximum atomic E-state index is 13.5. The van der Waals surface area contributed by atoms with E-state index in [0.717, 1.165) is 24.2 Å². The first kappa shape index (κ1) is 17.0. The molecule has 1 N–H and O–H groups in total. The Balaban J connectivity index is 1.68. The summed E-state index contributed by atoms with van der Waals surface area (Å²) in [5.41, 5.74) is 1.72. The van der Waals surface area contributed by atoms with Gasteiger partial charge in [0.15, 0.2) is 0 Å². The van der Waals surface area contributed by atoms with E-state index < -0.39 is 0 Å². The number of hydrogen-bond donors (Lipinski definition) is 1. The van der Waals surface area contributed by atoms with Crippen LogP contribution in [0.5, 0.6) is 5.75 Å². The highest BCUT2D eigenvalue weighted by atomic mass is 19.1. The van der Waals surface area contributed by atoms with E-state index in [4.69, 9.17) is 4.74 Å². The van der Waals surface area contributed by atoms with Gasteiger partial charge in [-0.2, -0.15) is 0 Å². The van der Waals surface area contributed by atoms with Crippen molar-refractivity contribution >= 4 is 5.91 Å². The molecule has 2 aromatic rings. The van der Waals surface area contributed by atoms with Crippen LogP contribution >= 0.6 is 0 Å². The lowest BCUT2D eigenvalue weighted by Crippen LogP contribution is -2.25. The van der Waals surface area contributed by atoms with Crippen LogP contribution in [0.2, 0.25) is 0 Å². The lowest BCUT2D eigenvalue weighted by Gasteiger charge is -2.09. The zero-order valence-corrected chi connectivity index (χ0v) is 13.3. The topological polar surface area (TPSA) is 38.3 Å². The lowest BCUT2D eigenvalue weighted by atomic mass is 10.1. The molecule has 2 aromatic carbocycles. The summed E-state index contributed by atoms with van der Waals surface area (Å²) < 4.78 is 18.8. The summed E-state index contributed by atoms with van der Waals surface area (Å²) in [5.74, 6) is 0.572. The zero-order chi connectivity index (χ0) is 16.5. The number of carbonyl (C=O) groups is 1. The van der Waals surface area contributed by atoms with Crippen LogP contribution in [0.3, 0.4) is 0 Å². The molecule has 0 aliphatic carbocycles. The monoisotopic (exact) mass is 315 g/mol. The molecule has 0 radical (unpaired) electrons. The molecule has 3 nitrogen and oxygen atoms in total. The lowest BCUT2D eigenvalue weighted by molar-refractivity contribution is -0.121. The van der Waals surface area contributed by atoms with Crippen molar-refractivity contribution in [1.82, 2.24) is 5.32 Å². The highest BCUT2D eigenvalue weighted by Crippen LogP contribution is 2.18. The fourth-order valence-corrected chi connectivity index (χ4v) is 2.45. The molecule has 0 bridgehead atoms. The minimum atomic E-state index is -0.253. The molecular formula is C19H22FNO2. The molecule has 23 heavy (non-hydrogen) atoms. The molecule has 4 heteroatoms. The van der Waals surface area contributed by atoms with Gasteiger partial charge < -0.3 is 10.1 Å². The molecule has 122 valence electrons. The number of para-hydroxylation sites is 1. The van der Waals surface area contributed by atoms with Crippen molar-refractivity contribution in [3.63, 3.8) is 0 Å². The van der Waals surface area contributed by atoms with Crippen molar-refractivity contribution in [3.05, 3.63) is 65.5 Å². The number of amides is 1. The average Bonchev–Trinajstić information content (AvgIpc) is 2.58. The van der Waals surface area contributed by atoms with Gasteiger partial charge in [-0.15, -0.1) is 0 Å². The van der Waals surface area contributed by atoms with Crippen LogP contribution < -0.4 is 10.1 Å². The smallest absolute Gasteiger partial charge is 0.220 e. The number of nitrogens with one attached hydrogen (secondary N) is 1. The number of aryl methyl sites for hydroxylation is 2. The van der Waals surface area contributed by atoms with Crippen LogP contribution in [0, 0.1) is 5.82 Å². The number of rotatable bonds is 8. The van der Waals surface area contributed by atoms with E-state index in [-0.39, 0.29) is 11.7 Å². The number of ether oxygens (including phenoxy) is 1. The number of carbonyl (C=O) groups excluding carboxylic acids is 1. The van der Waals surface area contributed by atoms with Crippen molar-refractivity contribution in [2.45, 2.75) is 25.7 Å². The predicted molar refractivity (Wildman–Crippen MR) is 89.0 cm³/mol. The Labute approximate surface area is 136 Å². The third-order valence-corrected chi connectivity index (χ3v) is 3.72. The molecule has 0 aliphatic heterocycles. The molecule has 2 rings (SSSR count). The summed E-state index contributed by atoms with van der Waals surface area (Å²) in [6, 6.07) is 14.4. The molecule has 0 aliphatic rings. The van der Waals surface area contributed by atoms with Crippen LogP contribution in [-0.4, -0.2) is 19.6 Å². The van der Waals surface area contributed by atoms with Gasteiger partial charge in [-0.05, 0) is 42.5 Å². The Kier molecular flexibility index (Phi) is 6.60. The van der Waals surface area contributed by atoms with Gasteiger partial charge >= 0.3 is 0 Å². The minimum absolute atomic E-state index is 0.0479. The average molecular weight is 315 g/mol. The summed E-state index contributed by atoms with van der Waals surface area (Å²) in [6.07, 6.45) is 2.41. The third-order valence-electron chi connectivity index (χ3n) is 3.72. The van der Waals surface area contributed by atoms with Gasteiger partial charge in [0.25, 0.3) is 0 Å². The first-order valence-corrected chi connectivity index (χ1v) is 7.82. The van der Waals surface area contributed by atoms with Gasteiger partial charge in [0.2, 0.25) is 5.91 Å². The molecule has 0 spiro atoms. The second-order valence-corrected chi connectivity index (χ2v) is 5.36. The van der Waals surface area contributed by atoms with E-state index in [1.165, 1.54) is 6.07 Å². The zero-order valence-electron chi connectivity index (χ0n) is 13.3. The predicted octanol–water partition coefficient (Wildman–Crippen LogP) is 3.52. The number of methoxy groups -OCH3 is 1. The number of benzene rings is 2. The first-order chi connectivity index (χ1) is 11.2. The fourth-order valence-electron chi connectivity index (χ4n) is 2.45. The summed E-state index contributed by atoms with van der Waals surface area (Å²) in [5, 5.41) is 2.88. The van der Waals surface area contributed by atoms with Crippen molar-refractivity contribution in [2.24, 2.45) is 0 Å². The van der Waals surface area contributed by atoms with Gasteiger partial charge in [-0.1, -0.05) is 36.4 Å². The Morgan fingerprint density at radius 3 is 2.48 bits per heavy atom. The summed E-state index contributed by atoms with van der Waals surface area (Å²) in [6.45, 7) is 0.605. The highest BCUT2D eigenvalue weighted by Gasteiger charge is 2.06. The van der Waals surface area contributed by atoms with E-state index in [9.17, 15) is 9.18 Å². The van der Waals surface area contributed by atoms with E-state index >= 15 is 0 Å². The SMILES string of the molecule is COc1ccccc1CCCNC(=O)CCc1ccccc1F. The van der Waals surface area contributed by atoms with Gasteiger partial charge in [0.05, 0.1) is 7.11 Å². The van der Waals surface area contributed by atoms with Crippen LogP contribution in [0.1, 0.15) is 24.0 Å². The van der Waals surface area contributed by atoms with Crippen LogP contribution in [-0.2, 0) is 17.6 Å². The molecule has 0 unspecified atom stereocenters. The van der Waals surface area contributed by atoms with Crippen LogP contribution in [0.25, 0.3) is 0 Å². The molecule has 0 aromatic heterocycles. The molecule has 0 saturated carbocycles. The molecule has 0 atom stereocenters. The van der Waals surface area contributed by atoms with Crippen molar-refractivity contribution < 1.29 is 13.9 Å². The van der Waals surface area contributed by atoms with E-state index in [0.29, 0.717) is 24.9 Å². The second kappa shape index (κ2) is 8.93. The molecule has 0 saturated heterocycles. The van der Waals surface area contributed by atoms with Crippen molar-refractivity contribution in [3.8, 4) is 5.75 Å². The Hall–Kier alpha value is -2.36. The third kappa shape index (κ3) is 5.40. The van der Waals surface area contributed by atoms with Gasteiger partial charge in [0.1, 0.15) is 11.6 Å². The quantitative estimate of drug-likeness (QED) is 0.757. The van der Waals surface area contributed by atoms with Gasteiger partial charge in [-0.25, -0.2) is 4.39 Å². The summed E-state index contributed by atoms with van der Waals surface area (Å²) in [4.78, 5) is 11.8. The maximum absolute atomic E-state index is 13.5. The maximum Gasteiger partial charge on any atom is 0.220 e. The van der Waals surface area contributed by atoms with Gasteiger partial charge in [0, 0.05) is 13.0 Å². The van der Waals surface area contributed by atoms with E-state index in [2.05, 4.69) is 5.32 Å². The standard InChI is InChI=1S/C19H22FNO2/c1-23-18-11-5-3-8-16(18)9-6-14-21-19(22)13-12-15-7-2-4-10-17(15)20/h2-5,7-8,10-11H,6,9,12-14H2,1H3,(H,21,22). The minimum Gasteiger partial charge on any atom is -0.496 e. The molecular weight excluding hydrogens is 293 g/mol. The van der Waals surface area contributed by atoms with Gasteiger partial charge in [-0.3, -0.25) is 4.79 Å². The molecule has 1 amide bonds. The van der Waals surface area contributed by atoms with Crippen molar-refractivity contribution in [1.29, 1.82) is 0 Å². The van der Waals surface area contributed by atoms with Crippen LogP contribution in [0.15, 0.2) is 48.5 Å². The highest BCUT2D eigenvalue weighted by molar-refractivity contribution is 5.76. The van der Waals surface area contributed by atoms with E-state index in [1.54, 1.807) is 25.3 Å².